The molecule has 0 saturated carbocycles. The molecule has 3 aromatic rings. The molecule has 1 amide bonds. The minimum Gasteiger partial charge on any atom is -0.488 e. The van der Waals surface area contributed by atoms with Crippen LogP contribution in [0.25, 0.3) is 11.3 Å². The van der Waals surface area contributed by atoms with Crippen LogP contribution in [0.15, 0.2) is 42.7 Å². The van der Waals surface area contributed by atoms with Gasteiger partial charge in [-0.25, -0.2) is 15.0 Å². The average molecular weight is 565 g/mol. The summed E-state index contributed by atoms with van der Waals surface area (Å²) >= 11 is 6.51. The van der Waals surface area contributed by atoms with Gasteiger partial charge < -0.3 is 25.2 Å². The number of aliphatic hydroxyl groups is 2. The lowest BCUT2D eigenvalue weighted by Crippen LogP contribution is -2.56. The maximum absolute atomic E-state index is 13.2. The Hall–Kier alpha value is -3.68. The first-order valence-electron chi connectivity index (χ1n) is 12.1. The summed E-state index contributed by atoms with van der Waals surface area (Å²) in [5.74, 6) is 0.407. The number of aliphatic hydroxyl groups excluding tert-OH is 2. The number of hydrogen-bond acceptors (Lipinski definition) is 9. The van der Waals surface area contributed by atoms with Crippen molar-refractivity contribution in [2.24, 2.45) is 0 Å². The quantitative estimate of drug-likeness (QED) is 0.341. The third kappa shape index (κ3) is 5.84. The zero-order valence-electron chi connectivity index (χ0n) is 20.3. The number of amides is 1. The van der Waals surface area contributed by atoms with Gasteiger partial charge in [0.1, 0.15) is 18.8 Å². The molecule has 4 N–H and O–H groups in total. The molecule has 1 fully saturated rings. The van der Waals surface area contributed by atoms with E-state index in [2.05, 4.69) is 25.6 Å². The van der Waals surface area contributed by atoms with Gasteiger partial charge in [0, 0.05) is 18.2 Å². The Morgan fingerprint density at radius 1 is 1.26 bits per heavy atom. The number of fused-ring (bicyclic) bond motifs is 4. The fourth-order valence-electron chi connectivity index (χ4n) is 4.56. The van der Waals surface area contributed by atoms with E-state index in [1.54, 1.807) is 6.07 Å². The van der Waals surface area contributed by atoms with Crippen LogP contribution in [0.3, 0.4) is 0 Å². The number of pyridine rings is 1. The fraction of sp³-hybridized carbons (Fsp3) is 0.360. The lowest BCUT2D eigenvalue weighted by molar-refractivity contribution is -0.137. The van der Waals surface area contributed by atoms with Gasteiger partial charge in [-0.15, -0.1) is 0 Å². The summed E-state index contributed by atoms with van der Waals surface area (Å²) in [5, 5.41) is 24.4. The zero-order valence-corrected chi connectivity index (χ0v) is 21.1. The number of ether oxygens (including phenoxy) is 1. The van der Waals surface area contributed by atoms with Gasteiger partial charge in [0.25, 0.3) is 0 Å². The van der Waals surface area contributed by atoms with Crippen LogP contribution in [0, 0.1) is 0 Å². The molecule has 0 aliphatic carbocycles. The fourth-order valence-corrected chi connectivity index (χ4v) is 4.82. The van der Waals surface area contributed by atoms with Crippen LogP contribution in [-0.4, -0.2) is 69.0 Å². The molecule has 1 saturated heterocycles. The van der Waals surface area contributed by atoms with Gasteiger partial charge in [0.2, 0.25) is 11.9 Å². The van der Waals surface area contributed by atoms with Crippen LogP contribution in [0.5, 0.6) is 5.75 Å². The molecule has 3 atom stereocenters. The van der Waals surface area contributed by atoms with Crippen LogP contribution >= 0.6 is 11.6 Å². The number of aromatic nitrogens is 3. The number of rotatable bonds is 7. The highest BCUT2D eigenvalue weighted by Crippen LogP contribution is 2.42. The van der Waals surface area contributed by atoms with Crippen LogP contribution in [0.2, 0.25) is 5.02 Å². The molecule has 206 valence electrons. The highest BCUT2D eigenvalue weighted by atomic mass is 35.5. The number of piperidine rings is 1. The van der Waals surface area contributed by atoms with Crippen molar-refractivity contribution in [2.45, 2.75) is 37.2 Å². The third-order valence-electron chi connectivity index (χ3n) is 6.47. The standard InChI is InChI=1S/C25H24ClF3N6O4/c26-18-7-20-22(33-21(18)13-2-1-3-14(6-13)25(27,28)29)32-15-4-5-19(35(20)10-15)23(38)34-24-30-8-17(9-31-24)39-12-16(37)11-36/h1-3,6-9,15-16,19,36-37H,4-5,10-12H2,(H,32,33)(H,30,31,34,38)/t15-,16-,19?/m0/s1. The number of benzene rings is 1. The molecule has 5 rings (SSSR count). The van der Waals surface area contributed by atoms with E-state index < -0.39 is 30.5 Å². The summed E-state index contributed by atoms with van der Waals surface area (Å²) in [6.07, 6.45) is -1.68. The molecule has 0 radical (unpaired) electrons. The Kier molecular flexibility index (Phi) is 7.47. The molecule has 2 aliphatic rings. The first-order chi connectivity index (χ1) is 18.6. The van der Waals surface area contributed by atoms with Gasteiger partial charge in [0.05, 0.1) is 41.0 Å². The van der Waals surface area contributed by atoms with Gasteiger partial charge in [-0.05, 0) is 31.0 Å². The molecule has 0 spiro atoms. The van der Waals surface area contributed by atoms with Crippen molar-refractivity contribution in [3.8, 4) is 17.0 Å². The second kappa shape index (κ2) is 10.8. The van der Waals surface area contributed by atoms with E-state index in [-0.39, 0.29) is 46.5 Å². The highest BCUT2D eigenvalue weighted by molar-refractivity contribution is 6.33. The van der Waals surface area contributed by atoms with Crippen molar-refractivity contribution in [1.29, 1.82) is 0 Å². The second-order valence-electron chi connectivity index (χ2n) is 9.23. The Labute approximate surface area is 225 Å². The van der Waals surface area contributed by atoms with Crippen molar-refractivity contribution in [3.63, 3.8) is 0 Å². The number of carbonyl (C=O) groups is 1. The number of nitrogens with one attached hydrogen (secondary N) is 2. The van der Waals surface area contributed by atoms with Crippen LogP contribution in [0.4, 0.5) is 30.6 Å². The van der Waals surface area contributed by atoms with Gasteiger partial charge >= 0.3 is 6.18 Å². The van der Waals surface area contributed by atoms with Crippen molar-refractivity contribution < 1.29 is 32.9 Å². The highest BCUT2D eigenvalue weighted by Gasteiger charge is 2.39. The van der Waals surface area contributed by atoms with Crippen LogP contribution < -0.4 is 20.3 Å². The van der Waals surface area contributed by atoms with Crippen LogP contribution in [0.1, 0.15) is 18.4 Å². The van der Waals surface area contributed by atoms with E-state index in [1.807, 2.05) is 4.90 Å². The van der Waals surface area contributed by atoms with Crippen molar-refractivity contribution in [2.75, 3.05) is 35.3 Å². The lowest BCUT2D eigenvalue weighted by atomic mass is 9.94. The Bertz CT molecular complexity index is 1360. The molecule has 2 aromatic heterocycles. The van der Waals surface area contributed by atoms with Crippen molar-refractivity contribution in [1.82, 2.24) is 15.0 Å². The SMILES string of the molecule is O=C(Nc1ncc(OC[C@@H](O)CO)cn1)C1CC[C@H]2CN1c1cc(Cl)c(-c3cccc(C(F)(F)F)c3)nc1N2. The summed E-state index contributed by atoms with van der Waals surface area (Å²) in [7, 11) is 0. The molecule has 10 nitrogen and oxygen atoms in total. The molecule has 2 bridgehead atoms. The minimum atomic E-state index is -4.50. The van der Waals surface area contributed by atoms with E-state index in [4.69, 9.17) is 21.4 Å². The van der Waals surface area contributed by atoms with Crippen molar-refractivity contribution >= 4 is 35.0 Å². The van der Waals surface area contributed by atoms with Gasteiger partial charge in [0.15, 0.2) is 11.6 Å². The molecule has 1 unspecified atom stereocenters. The summed E-state index contributed by atoms with van der Waals surface area (Å²) in [4.78, 5) is 27.8. The molecule has 4 heterocycles. The average Bonchev–Trinajstić information content (AvgIpc) is 2.92. The third-order valence-corrected chi connectivity index (χ3v) is 6.76. The summed E-state index contributed by atoms with van der Waals surface area (Å²) in [6, 6.07) is 5.83. The molecular formula is C25H24ClF3N6O4. The van der Waals surface area contributed by atoms with Crippen molar-refractivity contribution in [3.05, 3.63) is 53.3 Å². The first kappa shape index (κ1) is 26.9. The van der Waals surface area contributed by atoms with E-state index in [1.165, 1.54) is 24.5 Å². The number of carbonyl (C=O) groups excluding carboxylic acids is 1. The Balaban J connectivity index is 1.35. The maximum atomic E-state index is 13.2. The summed E-state index contributed by atoms with van der Waals surface area (Å²) in [5.41, 5.74) is 0.206. The maximum Gasteiger partial charge on any atom is 0.416 e. The number of nitrogens with zero attached hydrogens (tertiary/aromatic N) is 4. The summed E-state index contributed by atoms with van der Waals surface area (Å²) in [6.45, 7) is -0.0736. The van der Waals surface area contributed by atoms with E-state index in [0.717, 1.165) is 12.1 Å². The monoisotopic (exact) mass is 564 g/mol. The van der Waals surface area contributed by atoms with E-state index >= 15 is 0 Å². The number of hydrogen-bond donors (Lipinski definition) is 4. The normalized spacial score (nSPS) is 19.1. The Morgan fingerprint density at radius 2 is 2.03 bits per heavy atom. The number of halogens is 4. The smallest absolute Gasteiger partial charge is 0.416 e. The van der Waals surface area contributed by atoms with E-state index in [9.17, 15) is 23.1 Å². The molecule has 2 aliphatic heterocycles. The largest absolute Gasteiger partial charge is 0.488 e. The van der Waals surface area contributed by atoms with E-state index in [0.29, 0.717) is 30.9 Å². The molecule has 1 aromatic carbocycles. The molecular weight excluding hydrogens is 541 g/mol. The van der Waals surface area contributed by atoms with Gasteiger partial charge in [-0.2, -0.15) is 13.2 Å². The topological polar surface area (TPSA) is 133 Å². The van der Waals surface area contributed by atoms with Crippen LogP contribution in [-0.2, 0) is 11.0 Å². The summed E-state index contributed by atoms with van der Waals surface area (Å²) < 4.78 is 45.0. The minimum absolute atomic E-state index is 0.00783. The molecule has 39 heavy (non-hydrogen) atoms. The lowest BCUT2D eigenvalue weighted by Gasteiger charge is -2.45. The molecule has 14 heteroatoms. The predicted octanol–water partition coefficient (Wildman–Crippen LogP) is 3.34. The first-order valence-corrected chi connectivity index (χ1v) is 12.5. The second-order valence-corrected chi connectivity index (χ2v) is 9.64. The Morgan fingerprint density at radius 3 is 2.74 bits per heavy atom. The van der Waals surface area contributed by atoms with Gasteiger partial charge in [-0.1, -0.05) is 23.7 Å². The zero-order chi connectivity index (χ0) is 27.7. The number of alkyl halides is 3. The van der Waals surface area contributed by atoms with Gasteiger partial charge in [-0.3, -0.25) is 10.1 Å². The number of anilines is 3. The predicted molar refractivity (Wildman–Crippen MR) is 137 cm³/mol.